The Balaban J connectivity index is 2.07. The number of hydrogen-bond acceptors (Lipinski definition) is 3. The second-order valence-corrected chi connectivity index (χ2v) is 4.65. The number of fused-ring (bicyclic) bond motifs is 1. The van der Waals surface area contributed by atoms with Crippen molar-refractivity contribution in [1.29, 1.82) is 0 Å². The lowest BCUT2D eigenvalue weighted by atomic mass is 9.98. The zero-order valence-electron chi connectivity index (χ0n) is 10.8. The topological polar surface area (TPSA) is 35.5 Å². The van der Waals surface area contributed by atoms with Crippen molar-refractivity contribution in [2.75, 3.05) is 7.11 Å². The lowest BCUT2D eigenvalue weighted by molar-refractivity contribution is 0.0455. The minimum atomic E-state index is -0.312. The summed E-state index contributed by atoms with van der Waals surface area (Å²) in [5.41, 5.74) is 3.63. The maximum Gasteiger partial charge on any atom is 0.339 e. The van der Waals surface area contributed by atoms with Crippen molar-refractivity contribution in [1.82, 2.24) is 0 Å². The Hall–Kier alpha value is -2.29. The fourth-order valence-corrected chi connectivity index (χ4v) is 2.38. The van der Waals surface area contributed by atoms with Crippen LogP contribution in [0.15, 0.2) is 42.5 Å². The highest BCUT2D eigenvalue weighted by Gasteiger charge is 2.32. The molecular formula is C16H14O3. The van der Waals surface area contributed by atoms with Gasteiger partial charge in [0.1, 0.15) is 5.75 Å². The van der Waals surface area contributed by atoms with Crippen LogP contribution in [0.3, 0.4) is 0 Å². The van der Waals surface area contributed by atoms with Crippen LogP contribution < -0.4 is 4.74 Å². The van der Waals surface area contributed by atoms with E-state index in [-0.39, 0.29) is 12.1 Å². The molecule has 3 nitrogen and oxygen atoms in total. The lowest BCUT2D eigenvalue weighted by Crippen LogP contribution is -2.00. The number of carbonyl (C=O) groups excluding carboxylic acids is 1. The molecular weight excluding hydrogens is 240 g/mol. The predicted molar refractivity (Wildman–Crippen MR) is 71.4 cm³/mol. The molecule has 1 aliphatic heterocycles. The molecule has 19 heavy (non-hydrogen) atoms. The van der Waals surface area contributed by atoms with Gasteiger partial charge in [0.05, 0.1) is 12.7 Å². The van der Waals surface area contributed by atoms with Crippen molar-refractivity contribution in [2.45, 2.75) is 13.0 Å². The maximum absolute atomic E-state index is 11.9. The first-order valence-corrected chi connectivity index (χ1v) is 6.14. The fraction of sp³-hybridized carbons (Fsp3) is 0.188. The van der Waals surface area contributed by atoms with Crippen LogP contribution in [0.1, 0.15) is 33.2 Å². The Morgan fingerprint density at radius 1 is 1.16 bits per heavy atom. The van der Waals surface area contributed by atoms with Gasteiger partial charge in [-0.05, 0) is 24.6 Å². The number of benzene rings is 2. The molecule has 0 aliphatic carbocycles. The lowest BCUT2D eigenvalue weighted by Gasteiger charge is -2.11. The summed E-state index contributed by atoms with van der Waals surface area (Å²) in [4.78, 5) is 11.9. The summed E-state index contributed by atoms with van der Waals surface area (Å²) in [5.74, 6) is 0.376. The molecule has 3 rings (SSSR count). The zero-order chi connectivity index (χ0) is 13.4. The van der Waals surface area contributed by atoms with Crippen LogP contribution in [0.5, 0.6) is 5.75 Å². The molecule has 0 amide bonds. The van der Waals surface area contributed by atoms with Gasteiger partial charge in [0.2, 0.25) is 0 Å². The molecule has 0 N–H and O–H groups in total. The minimum absolute atomic E-state index is 0.291. The summed E-state index contributed by atoms with van der Waals surface area (Å²) in [7, 11) is 1.58. The standard InChI is InChI=1S/C16H14O3/c1-10-4-3-5-11(8-10)15-13-7-6-12(18-2)9-14(13)16(17)19-15/h3-9,15H,1-2H3. The third-order valence-electron chi connectivity index (χ3n) is 3.33. The van der Waals surface area contributed by atoms with Crippen LogP contribution in [0, 0.1) is 6.92 Å². The Bertz CT molecular complexity index is 646. The second-order valence-electron chi connectivity index (χ2n) is 4.65. The van der Waals surface area contributed by atoms with Gasteiger partial charge in [0.25, 0.3) is 0 Å². The van der Waals surface area contributed by atoms with Gasteiger partial charge in [-0.1, -0.05) is 35.9 Å². The number of cyclic esters (lactones) is 1. The molecule has 0 saturated carbocycles. The Morgan fingerprint density at radius 3 is 2.74 bits per heavy atom. The van der Waals surface area contributed by atoms with E-state index in [1.165, 1.54) is 0 Å². The quantitative estimate of drug-likeness (QED) is 0.772. The molecule has 2 aromatic carbocycles. The van der Waals surface area contributed by atoms with Gasteiger partial charge in [-0.25, -0.2) is 4.79 Å². The first-order valence-electron chi connectivity index (χ1n) is 6.14. The van der Waals surface area contributed by atoms with Crippen molar-refractivity contribution in [2.24, 2.45) is 0 Å². The van der Waals surface area contributed by atoms with E-state index < -0.39 is 0 Å². The number of ether oxygens (including phenoxy) is 2. The monoisotopic (exact) mass is 254 g/mol. The summed E-state index contributed by atoms with van der Waals surface area (Å²) in [6.07, 6.45) is -0.312. The van der Waals surface area contributed by atoms with Crippen LogP contribution in [0.2, 0.25) is 0 Å². The number of methoxy groups -OCH3 is 1. The van der Waals surface area contributed by atoms with Crippen LogP contribution in [0.25, 0.3) is 0 Å². The number of aryl methyl sites for hydroxylation is 1. The smallest absolute Gasteiger partial charge is 0.339 e. The van der Waals surface area contributed by atoms with Crippen molar-refractivity contribution >= 4 is 5.97 Å². The molecule has 0 fully saturated rings. The molecule has 2 aromatic rings. The normalized spacial score (nSPS) is 16.9. The SMILES string of the molecule is COc1ccc2c(c1)C(=O)OC2c1cccc(C)c1. The third kappa shape index (κ3) is 1.97. The summed E-state index contributed by atoms with van der Waals surface area (Å²) in [5, 5.41) is 0. The third-order valence-corrected chi connectivity index (χ3v) is 3.33. The molecule has 0 saturated heterocycles. The summed E-state index contributed by atoms with van der Waals surface area (Å²) < 4.78 is 10.6. The Labute approximate surface area is 111 Å². The average molecular weight is 254 g/mol. The van der Waals surface area contributed by atoms with Crippen LogP contribution in [0.4, 0.5) is 0 Å². The molecule has 1 aliphatic rings. The predicted octanol–water partition coefficient (Wildman–Crippen LogP) is 3.26. The molecule has 0 aromatic heterocycles. The molecule has 96 valence electrons. The van der Waals surface area contributed by atoms with Crippen molar-refractivity contribution in [3.05, 3.63) is 64.7 Å². The van der Waals surface area contributed by atoms with Gasteiger partial charge in [-0.15, -0.1) is 0 Å². The largest absolute Gasteiger partial charge is 0.497 e. The summed E-state index contributed by atoms with van der Waals surface area (Å²) in [6, 6.07) is 13.5. The Morgan fingerprint density at radius 2 is 2.00 bits per heavy atom. The van der Waals surface area contributed by atoms with E-state index in [1.54, 1.807) is 13.2 Å². The van der Waals surface area contributed by atoms with E-state index in [1.807, 2.05) is 43.3 Å². The minimum Gasteiger partial charge on any atom is -0.497 e. The molecule has 0 radical (unpaired) electrons. The van der Waals surface area contributed by atoms with E-state index >= 15 is 0 Å². The van der Waals surface area contributed by atoms with Gasteiger partial charge in [-0.3, -0.25) is 0 Å². The van der Waals surface area contributed by atoms with Crippen molar-refractivity contribution in [3.8, 4) is 5.75 Å². The van der Waals surface area contributed by atoms with Crippen LogP contribution >= 0.6 is 0 Å². The summed E-state index contributed by atoms with van der Waals surface area (Å²) in [6.45, 7) is 2.02. The zero-order valence-corrected chi connectivity index (χ0v) is 10.8. The van der Waals surface area contributed by atoms with E-state index in [2.05, 4.69) is 0 Å². The van der Waals surface area contributed by atoms with Crippen molar-refractivity contribution < 1.29 is 14.3 Å². The van der Waals surface area contributed by atoms with E-state index in [9.17, 15) is 4.79 Å². The van der Waals surface area contributed by atoms with E-state index in [0.717, 1.165) is 16.7 Å². The van der Waals surface area contributed by atoms with Gasteiger partial charge in [0.15, 0.2) is 6.10 Å². The highest BCUT2D eigenvalue weighted by atomic mass is 16.5. The van der Waals surface area contributed by atoms with Crippen LogP contribution in [-0.4, -0.2) is 13.1 Å². The van der Waals surface area contributed by atoms with Gasteiger partial charge in [0, 0.05) is 5.56 Å². The molecule has 3 heteroatoms. The molecule has 0 bridgehead atoms. The highest BCUT2D eigenvalue weighted by Crippen LogP contribution is 2.37. The van der Waals surface area contributed by atoms with Crippen LogP contribution in [-0.2, 0) is 4.74 Å². The number of carbonyl (C=O) groups is 1. The van der Waals surface area contributed by atoms with Gasteiger partial charge >= 0.3 is 5.97 Å². The first-order chi connectivity index (χ1) is 9.19. The maximum atomic E-state index is 11.9. The average Bonchev–Trinajstić information content (AvgIpc) is 2.76. The molecule has 0 spiro atoms. The molecule has 1 heterocycles. The second kappa shape index (κ2) is 4.43. The number of rotatable bonds is 2. The Kier molecular flexibility index (Phi) is 2.75. The number of esters is 1. The van der Waals surface area contributed by atoms with Gasteiger partial charge < -0.3 is 9.47 Å². The number of hydrogen-bond donors (Lipinski definition) is 0. The summed E-state index contributed by atoms with van der Waals surface area (Å²) >= 11 is 0. The van der Waals surface area contributed by atoms with E-state index in [0.29, 0.717) is 11.3 Å². The highest BCUT2D eigenvalue weighted by molar-refractivity contribution is 5.95. The van der Waals surface area contributed by atoms with Crippen molar-refractivity contribution in [3.63, 3.8) is 0 Å². The molecule has 1 unspecified atom stereocenters. The van der Waals surface area contributed by atoms with E-state index in [4.69, 9.17) is 9.47 Å². The molecule has 1 atom stereocenters. The fourth-order valence-electron chi connectivity index (χ4n) is 2.38. The first kappa shape index (κ1) is 11.8. The van der Waals surface area contributed by atoms with Gasteiger partial charge in [-0.2, -0.15) is 0 Å².